The van der Waals surface area contributed by atoms with Gasteiger partial charge in [0.05, 0.1) is 12.8 Å². The van der Waals surface area contributed by atoms with Crippen molar-refractivity contribution in [3.05, 3.63) is 24.2 Å². The van der Waals surface area contributed by atoms with Gasteiger partial charge in [-0.05, 0) is 37.9 Å². The zero-order chi connectivity index (χ0) is 12.1. The third-order valence-electron chi connectivity index (χ3n) is 3.12. The molecule has 1 aromatic rings. The Hall–Kier alpha value is -1.13. The van der Waals surface area contributed by atoms with E-state index in [1.807, 2.05) is 7.05 Å². The molecule has 1 saturated heterocycles. The first kappa shape index (κ1) is 12.3. The predicted molar refractivity (Wildman–Crippen MR) is 64.1 cm³/mol. The maximum atomic E-state index is 11.8. The Morgan fingerprint density at radius 1 is 1.47 bits per heavy atom. The molecule has 0 bridgehead atoms. The molecule has 0 saturated carbocycles. The Balaban J connectivity index is 1.76. The molecule has 0 spiro atoms. The molecular weight excluding hydrogens is 218 g/mol. The molecule has 0 N–H and O–H groups in total. The van der Waals surface area contributed by atoms with Crippen molar-refractivity contribution in [2.75, 3.05) is 33.4 Å². The summed E-state index contributed by atoms with van der Waals surface area (Å²) in [5, 5.41) is 0. The summed E-state index contributed by atoms with van der Waals surface area (Å²) in [5.74, 6) is 1.14. The van der Waals surface area contributed by atoms with Gasteiger partial charge in [0.15, 0.2) is 5.76 Å². The fraction of sp³-hybridized carbons (Fsp3) is 0.615. The largest absolute Gasteiger partial charge is 0.461 e. The highest BCUT2D eigenvalue weighted by atomic mass is 16.5. The Morgan fingerprint density at radius 2 is 2.24 bits per heavy atom. The molecule has 4 nitrogen and oxygen atoms in total. The quantitative estimate of drug-likeness (QED) is 0.733. The monoisotopic (exact) mass is 237 g/mol. The van der Waals surface area contributed by atoms with E-state index in [2.05, 4.69) is 4.90 Å². The van der Waals surface area contributed by atoms with Gasteiger partial charge in [-0.2, -0.15) is 0 Å². The molecule has 2 heterocycles. The molecule has 1 fully saturated rings. The van der Waals surface area contributed by atoms with Gasteiger partial charge in [0.2, 0.25) is 5.78 Å². The summed E-state index contributed by atoms with van der Waals surface area (Å²) in [7, 11) is 1.98. The Labute approximate surface area is 102 Å². The number of ether oxygens (including phenoxy) is 1. The molecule has 0 atom stereocenters. The molecule has 0 unspecified atom stereocenters. The molecular formula is C13H19NO3. The standard InChI is InChI=1S/C13H19NO3/c1-14(9-11-4-7-16-8-5-11)10-12(15)13-3-2-6-17-13/h2-3,6,11H,4-5,7-10H2,1H3. The summed E-state index contributed by atoms with van der Waals surface area (Å²) in [5.41, 5.74) is 0. The molecule has 0 aromatic carbocycles. The van der Waals surface area contributed by atoms with Crippen molar-refractivity contribution in [1.82, 2.24) is 4.90 Å². The van der Waals surface area contributed by atoms with E-state index in [1.165, 1.54) is 6.26 Å². The molecule has 0 amide bonds. The van der Waals surface area contributed by atoms with Crippen LogP contribution in [0.4, 0.5) is 0 Å². The van der Waals surface area contributed by atoms with Crippen molar-refractivity contribution in [2.45, 2.75) is 12.8 Å². The number of likely N-dealkylation sites (N-methyl/N-ethyl adjacent to an activating group) is 1. The minimum atomic E-state index is 0.0459. The Kier molecular flexibility index (Phi) is 4.34. The van der Waals surface area contributed by atoms with Crippen LogP contribution in [0.25, 0.3) is 0 Å². The number of rotatable bonds is 5. The number of carbonyl (C=O) groups is 1. The molecule has 0 aliphatic carbocycles. The first-order valence-electron chi connectivity index (χ1n) is 6.08. The summed E-state index contributed by atoms with van der Waals surface area (Å²) in [6.07, 6.45) is 3.73. The number of ketones is 1. The SMILES string of the molecule is CN(CC(=O)c1ccco1)CC1CCOCC1. The molecule has 94 valence electrons. The number of furan rings is 1. The van der Waals surface area contributed by atoms with E-state index in [1.54, 1.807) is 12.1 Å². The van der Waals surface area contributed by atoms with Crippen molar-refractivity contribution < 1.29 is 13.9 Å². The van der Waals surface area contributed by atoms with Crippen LogP contribution >= 0.6 is 0 Å². The molecule has 1 aromatic heterocycles. The minimum absolute atomic E-state index is 0.0459. The van der Waals surface area contributed by atoms with Gasteiger partial charge in [0.25, 0.3) is 0 Å². The first-order chi connectivity index (χ1) is 8.25. The van der Waals surface area contributed by atoms with Gasteiger partial charge in [-0.1, -0.05) is 0 Å². The summed E-state index contributed by atoms with van der Waals surface area (Å²) in [6, 6.07) is 3.45. The van der Waals surface area contributed by atoms with Crippen LogP contribution in [0.1, 0.15) is 23.4 Å². The highest BCUT2D eigenvalue weighted by Gasteiger charge is 2.18. The molecule has 4 heteroatoms. The normalized spacial score (nSPS) is 17.5. The smallest absolute Gasteiger partial charge is 0.211 e. The van der Waals surface area contributed by atoms with Gasteiger partial charge < -0.3 is 9.15 Å². The fourth-order valence-electron chi connectivity index (χ4n) is 2.19. The van der Waals surface area contributed by atoms with E-state index in [9.17, 15) is 4.79 Å². The van der Waals surface area contributed by atoms with Gasteiger partial charge >= 0.3 is 0 Å². The van der Waals surface area contributed by atoms with Crippen LogP contribution in [0.2, 0.25) is 0 Å². The van der Waals surface area contributed by atoms with E-state index in [-0.39, 0.29) is 5.78 Å². The second-order valence-corrected chi connectivity index (χ2v) is 4.65. The minimum Gasteiger partial charge on any atom is -0.461 e. The summed E-state index contributed by atoms with van der Waals surface area (Å²) in [4.78, 5) is 13.9. The predicted octanol–water partition coefficient (Wildman–Crippen LogP) is 1.82. The average Bonchev–Trinajstić information content (AvgIpc) is 2.83. The second kappa shape index (κ2) is 5.98. The highest BCUT2D eigenvalue weighted by Crippen LogP contribution is 2.15. The van der Waals surface area contributed by atoms with Crippen molar-refractivity contribution >= 4 is 5.78 Å². The summed E-state index contributed by atoms with van der Waals surface area (Å²) < 4.78 is 10.4. The molecule has 1 aliphatic heterocycles. The van der Waals surface area contributed by atoms with Crippen molar-refractivity contribution in [1.29, 1.82) is 0 Å². The van der Waals surface area contributed by atoms with E-state index < -0.39 is 0 Å². The van der Waals surface area contributed by atoms with Crippen molar-refractivity contribution in [2.24, 2.45) is 5.92 Å². The van der Waals surface area contributed by atoms with Crippen molar-refractivity contribution in [3.63, 3.8) is 0 Å². The van der Waals surface area contributed by atoms with E-state index in [0.717, 1.165) is 32.6 Å². The van der Waals surface area contributed by atoms with Crippen molar-refractivity contribution in [3.8, 4) is 0 Å². The zero-order valence-electron chi connectivity index (χ0n) is 10.2. The molecule has 1 aliphatic rings. The van der Waals surface area contributed by atoms with Gasteiger partial charge in [-0.15, -0.1) is 0 Å². The van der Waals surface area contributed by atoms with E-state index in [4.69, 9.17) is 9.15 Å². The fourth-order valence-corrected chi connectivity index (χ4v) is 2.19. The summed E-state index contributed by atoms with van der Waals surface area (Å²) in [6.45, 7) is 3.08. The molecule has 0 radical (unpaired) electrons. The third kappa shape index (κ3) is 3.68. The maximum Gasteiger partial charge on any atom is 0.211 e. The van der Waals surface area contributed by atoms with Gasteiger partial charge in [0, 0.05) is 19.8 Å². The maximum absolute atomic E-state index is 11.8. The van der Waals surface area contributed by atoms with Gasteiger partial charge in [-0.3, -0.25) is 9.69 Å². The van der Waals surface area contributed by atoms with Crippen LogP contribution in [0.3, 0.4) is 0 Å². The summed E-state index contributed by atoms with van der Waals surface area (Å²) >= 11 is 0. The average molecular weight is 237 g/mol. The highest BCUT2D eigenvalue weighted by molar-refractivity contribution is 5.94. The number of hydrogen-bond acceptors (Lipinski definition) is 4. The lowest BCUT2D eigenvalue weighted by molar-refractivity contribution is 0.0547. The second-order valence-electron chi connectivity index (χ2n) is 4.65. The lowest BCUT2D eigenvalue weighted by atomic mass is 10.00. The van der Waals surface area contributed by atoms with Gasteiger partial charge in [-0.25, -0.2) is 0 Å². The van der Waals surface area contributed by atoms with Crippen LogP contribution in [0.15, 0.2) is 22.8 Å². The lowest BCUT2D eigenvalue weighted by Crippen LogP contribution is -2.33. The van der Waals surface area contributed by atoms with Crippen LogP contribution in [-0.2, 0) is 4.74 Å². The number of hydrogen-bond donors (Lipinski definition) is 0. The zero-order valence-corrected chi connectivity index (χ0v) is 10.2. The number of Topliss-reactive ketones (excluding diaryl/α,β-unsaturated/α-hetero) is 1. The number of carbonyl (C=O) groups excluding carboxylic acids is 1. The van der Waals surface area contributed by atoms with Gasteiger partial charge in [0.1, 0.15) is 0 Å². The lowest BCUT2D eigenvalue weighted by Gasteiger charge is -2.26. The first-order valence-corrected chi connectivity index (χ1v) is 6.08. The van der Waals surface area contributed by atoms with E-state index in [0.29, 0.717) is 18.2 Å². The molecule has 2 rings (SSSR count). The van der Waals surface area contributed by atoms with Crippen LogP contribution in [0.5, 0.6) is 0 Å². The van der Waals surface area contributed by atoms with E-state index >= 15 is 0 Å². The number of nitrogens with zero attached hydrogens (tertiary/aromatic N) is 1. The van der Waals surface area contributed by atoms with Crippen LogP contribution in [0, 0.1) is 5.92 Å². The Bertz CT molecular complexity index is 342. The topological polar surface area (TPSA) is 42.7 Å². The van der Waals surface area contributed by atoms with Crippen LogP contribution < -0.4 is 0 Å². The Morgan fingerprint density at radius 3 is 2.88 bits per heavy atom. The molecule has 17 heavy (non-hydrogen) atoms. The van der Waals surface area contributed by atoms with Crippen LogP contribution in [-0.4, -0.2) is 44.0 Å². The third-order valence-corrected chi connectivity index (χ3v) is 3.12.